The van der Waals surface area contributed by atoms with Crippen LogP contribution >= 0.6 is 11.6 Å². The van der Waals surface area contributed by atoms with Crippen LogP contribution in [0.5, 0.6) is 0 Å². The predicted octanol–water partition coefficient (Wildman–Crippen LogP) is 3.62. The first-order chi connectivity index (χ1) is 11.1. The summed E-state index contributed by atoms with van der Waals surface area (Å²) in [5.74, 6) is -0.177. The molecule has 0 fully saturated rings. The van der Waals surface area contributed by atoms with Crippen LogP contribution in [0.2, 0.25) is 5.02 Å². The molecule has 0 unspecified atom stereocenters. The molecule has 1 aliphatic rings. The second-order valence-corrected chi connectivity index (χ2v) is 5.98. The third-order valence-corrected chi connectivity index (χ3v) is 4.41. The van der Waals surface area contributed by atoms with E-state index in [-0.39, 0.29) is 17.1 Å². The number of nitrogens with zero attached hydrogens (tertiary/aromatic N) is 1. The zero-order chi connectivity index (χ0) is 16.1. The van der Waals surface area contributed by atoms with Crippen molar-refractivity contribution in [2.24, 2.45) is 0 Å². The van der Waals surface area contributed by atoms with Crippen molar-refractivity contribution in [2.45, 2.75) is 6.04 Å². The Morgan fingerprint density at radius 3 is 2.57 bits per heavy atom. The van der Waals surface area contributed by atoms with Gasteiger partial charge in [0.05, 0.1) is 17.0 Å². The second-order valence-electron chi connectivity index (χ2n) is 5.54. The summed E-state index contributed by atoms with van der Waals surface area (Å²) in [6.45, 7) is 0. The molecule has 114 valence electrons. The van der Waals surface area contributed by atoms with Gasteiger partial charge in [-0.3, -0.25) is 9.59 Å². The van der Waals surface area contributed by atoms with Crippen LogP contribution in [-0.4, -0.2) is 17.9 Å². The van der Waals surface area contributed by atoms with Crippen LogP contribution in [0.25, 0.3) is 11.0 Å². The normalized spacial score (nSPS) is 16.9. The third-order valence-electron chi connectivity index (χ3n) is 4.18. The van der Waals surface area contributed by atoms with Crippen molar-refractivity contribution >= 4 is 28.5 Å². The van der Waals surface area contributed by atoms with E-state index in [1.807, 2.05) is 30.3 Å². The van der Waals surface area contributed by atoms with Crippen molar-refractivity contribution in [3.05, 3.63) is 80.7 Å². The van der Waals surface area contributed by atoms with Gasteiger partial charge in [0.1, 0.15) is 5.58 Å². The smallest absolute Gasteiger partial charge is 0.290 e. The van der Waals surface area contributed by atoms with Crippen molar-refractivity contribution in [3.8, 4) is 0 Å². The van der Waals surface area contributed by atoms with Gasteiger partial charge in [0.25, 0.3) is 5.91 Å². The van der Waals surface area contributed by atoms with Gasteiger partial charge in [-0.15, -0.1) is 0 Å². The standard InChI is InChI=1S/C18H12ClNO3/c1-20-15(10-5-3-2-4-6-10)14-16(21)12-9-11(19)7-8-13(12)23-17(14)18(20)22/h2-9,15H,1H3/t15-/m0/s1. The lowest BCUT2D eigenvalue weighted by Gasteiger charge is -2.20. The molecule has 0 radical (unpaired) electrons. The van der Waals surface area contributed by atoms with Crippen molar-refractivity contribution in [2.75, 3.05) is 7.05 Å². The van der Waals surface area contributed by atoms with Gasteiger partial charge in [-0.25, -0.2) is 0 Å². The van der Waals surface area contributed by atoms with E-state index in [0.717, 1.165) is 5.56 Å². The van der Waals surface area contributed by atoms with Gasteiger partial charge in [0.2, 0.25) is 5.76 Å². The summed E-state index contributed by atoms with van der Waals surface area (Å²) in [5, 5.41) is 0.846. The highest BCUT2D eigenvalue weighted by Crippen LogP contribution is 2.36. The molecule has 0 saturated heterocycles. The molecule has 3 aromatic rings. The minimum absolute atomic E-state index is 0.112. The minimum Gasteiger partial charge on any atom is -0.450 e. The van der Waals surface area contributed by atoms with E-state index in [1.165, 1.54) is 4.90 Å². The van der Waals surface area contributed by atoms with E-state index < -0.39 is 6.04 Å². The molecule has 1 aromatic heterocycles. The van der Waals surface area contributed by atoms with Crippen LogP contribution in [0.15, 0.2) is 57.7 Å². The molecule has 4 rings (SSSR count). The maximum Gasteiger partial charge on any atom is 0.290 e. The van der Waals surface area contributed by atoms with E-state index in [2.05, 4.69) is 0 Å². The number of carbonyl (C=O) groups excluding carboxylic acids is 1. The first kappa shape index (κ1) is 14.0. The maximum absolute atomic E-state index is 12.9. The van der Waals surface area contributed by atoms with E-state index >= 15 is 0 Å². The topological polar surface area (TPSA) is 50.5 Å². The van der Waals surface area contributed by atoms with Crippen LogP contribution in [0, 0.1) is 0 Å². The van der Waals surface area contributed by atoms with Crippen LogP contribution in [-0.2, 0) is 0 Å². The van der Waals surface area contributed by atoms with Gasteiger partial charge in [0, 0.05) is 12.1 Å². The Bertz CT molecular complexity index is 994. The van der Waals surface area contributed by atoms with E-state index in [4.69, 9.17) is 16.0 Å². The van der Waals surface area contributed by atoms with E-state index in [0.29, 0.717) is 21.6 Å². The first-order valence-electron chi connectivity index (χ1n) is 7.16. The van der Waals surface area contributed by atoms with Gasteiger partial charge < -0.3 is 9.32 Å². The Kier molecular flexibility index (Phi) is 3.03. The average Bonchev–Trinajstić information content (AvgIpc) is 2.81. The average molecular weight is 326 g/mol. The van der Waals surface area contributed by atoms with Crippen molar-refractivity contribution < 1.29 is 9.21 Å². The Labute approximate surface area is 136 Å². The number of amides is 1. The summed E-state index contributed by atoms with van der Waals surface area (Å²) < 4.78 is 5.72. The van der Waals surface area contributed by atoms with Crippen molar-refractivity contribution in [1.82, 2.24) is 4.90 Å². The summed E-state index contributed by atoms with van der Waals surface area (Å²) in [5.41, 5.74) is 1.40. The lowest BCUT2D eigenvalue weighted by atomic mass is 9.99. The number of hydrogen-bond donors (Lipinski definition) is 0. The Hall–Kier alpha value is -2.59. The lowest BCUT2D eigenvalue weighted by Crippen LogP contribution is -2.25. The number of carbonyl (C=O) groups is 1. The Balaban J connectivity index is 2.06. The molecule has 0 bridgehead atoms. The van der Waals surface area contributed by atoms with Gasteiger partial charge >= 0.3 is 0 Å². The molecular weight excluding hydrogens is 314 g/mol. The number of fused-ring (bicyclic) bond motifs is 2. The largest absolute Gasteiger partial charge is 0.450 e. The molecule has 0 N–H and O–H groups in total. The predicted molar refractivity (Wildman–Crippen MR) is 87.9 cm³/mol. The molecule has 1 aliphatic heterocycles. The zero-order valence-corrected chi connectivity index (χ0v) is 13.0. The van der Waals surface area contributed by atoms with E-state index in [1.54, 1.807) is 25.2 Å². The molecule has 1 amide bonds. The second kappa shape index (κ2) is 4.96. The minimum atomic E-state index is -0.446. The van der Waals surface area contributed by atoms with Crippen LogP contribution in [0.1, 0.15) is 27.7 Å². The fraction of sp³-hybridized carbons (Fsp3) is 0.111. The highest BCUT2D eigenvalue weighted by Gasteiger charge is 2.40. The molecular formula is C18H12ClNO3. The molecule has 23 heavy (non-hydrogen) atoms. The molecule has 2 heterocycles. The zero-order valence-electron chi connectivity index (χ0n) is 12.2. The number of hydrogen-bond acceptors (Lipinski definition) is 3. The maximum atomic E-state index is 12.9. The van der Waals surface area contributed by atoms with Gasteiger partial charge in [-0.05, 0) is 23.8 Å². The summed E-state index contributed by atoms with van der Waals surface area (Å²) in [4.78, 5) is 27.0. The molecule has 5 heteroatoms. The van der Waals surface area contributed by atoms with E-state index in [9.17, 15) is 9.59 Å². The molecule has 1 atom stereocenters. The fourth-order valence-corrected chi connectivity index (χ4v) is 3.26. The monoisotopic (exact) mass is 325 g/mol. The highest BCUT2D eigenvalue weighted by molar-refractivity contribution is 6.31. The third kappa shape index (κ3) is 1.99. The SMILES string of the molecule is CN1C(=O)c2oc3ccc(Cl)cc3c(=O)c2[C@@H]1c1ccccc1. The number of benzene rings is 2. The fourth-order valence-electron chi connectivity index (χ4n) is 3.09. The van der Waals surface area contributed by atoms with Gasteiger partial charge in [-0.1, -0.05) is 41.9 Å². The highest BCUT2D eigenvalue weighted by atomic mass is 35.5. The van der Waals surface area contributed by atoms with Gasteiger partial charge in [-0.2, -0.15) is 0 Å². The Morgan fingerprint density at radius 1 is 1.09 bits per heavy atom. The van der Waals surface area contributed by atoms with Crippen molar-refractivity contribution in [1.29, 1.82) is 0 Å². The molecule has 0 spiro atoms. The summed E-state index contributed by atoms with van der Waals surface area (Å²) in [6, 6.07) is 13.8. The first-order valence-corrected chi connectivity index (χ1v) is 7.54. The van der Waals surface area contributed by atoms with Crippen LogP contribution in [0.3, 0.4) is 0 Å². The summed E-state index contributed by atoms with van der Waals surface area (Å²) >= 11 is 5.99. The molecule has 4 nitrogen and oxygen atoms in total. The summed E-state index contributed by atoms with van der Waals surface area (Å²) in [6.07, 6.45) is 0. The Morgan fingerprint density at radius 2 is 1.83 bits per heavy atom. The van der Waals surface area contributed by atoms with Gasteiger partial charge in [0.15, 0.2) is 5.43 Å². The number of halogens is 1. The van der Waals surface area contributed by atoms with Crippen LogP contribution in [0.4, 0.5) is 0 Å². The van der Waals surface area contributed by atoms with Crippen LogP contribution < -0.4 is 5.43 Å². The lowest BCUT2D eigenvalue weighted by molar-refractivity contribution is 0.0771. The quantitative estimate of drug-likeness (QED) is 0.686. The molecule has 0 saturated carbocycles. The molecule has 2 aromatic carbocycles. The summed E-state index contributed by atoms with van der Waals surface area (Å²) in [7, 11) is 1.67. The van der Waals surface area contributed by atoms with Crippen molar-refractivity contribution in [3.63, 3.8) is 0 Å². The number of rotatable bonds is 1. The molecule has 0 aliphatic carbocycles.